The second-order valence-corrected chi connectivity index (χ2v) is 4.98. The lowest BCUT2D eigenvalue weighted by atomic mass is 10.2. The molecule has 0 saturated carbocycles. The maximum atomic E-state index is 11.3. The van der Waals surface area contributed by atoms with Gasteiger partial charge in [-0.05, 0) is 19.1 Å². The average Bonchev–Trinajstić information content (AvgIpc) is 2.18. The summed E-state index contributed by atoms with van der Waals surface area (Å²) in [5, 5.41) is 7.28. The summed E-state index contributed by atoms with van der Waals surface area (Å²) < 4.78 is 25.0. The highest BCUT2D eigenvalue weighted by atomic mass is 32.2. The molecule has 0 atom stereocenters. The van der Waals surface area contributed by atoms with Gasteiger partial charge in [-0.15, -0.1) is 0 Å². The lowest BCUT2D eigenvalue weighted by molar-refractivity contribution is 0.602. The fourth-order valence-corrected chi connectivity index (χ4v) is 1.70. The molecule has 1 rings (SSSR count). The second-order valence-electron chi connectivity index (χ2n) is 2.96. The maximum Gasteiger partial charge on any atom is 0.232 e. The third-order valence-electron chi connectivity index (χ3n) is 1.86. The summed E-state index contributed by atoms with van der Waals surface area (Å²) in [5.41, 5.74) is 6.05. The van der Waals surface area contributed by atoms with Crippen LogP contribution in [-0.4, -0.2) is 20.0 Å². The van der Waals surface area contributed by atoms with E-state index in [0.29, 0.717) is 11.3 Å². The van der Waals surface area contributed by atoms with E-state index in [2.05, 4.69) is 4.72 Å². The van der Waals surface area contributed by atoms with Crippen molar-refractivity contribution in [2.24, 2.45) is 5.73 Å². The van der Waals surface area contributed by atoms with Crippen molar-refractivity contribution in [3.8, 4) is 0 Å². The molecule has 82 valence electrons. The van der Waals surface area contributed by atoms with Gasteiger partial charge in [0.15, 0.2) is 0 Å². The molecule has 15 heavy (non-hydrogen) atoms. The molecule has 0 fully saturated rings. The molecule has 0 saturated heterocycles. The van der Waals surface area contributed by atoms with Gasteiger partial charge in [0.1, 0.15) is 5.84 Å². The quantitative estimate of drug-likeness (QED) is 0.522. The lowest BCUT2D eigenvalue weighted by Gasteiger charge is -2.09. The summed E-state index contributed by atoms with van der Waals surface area (Å²) in [7, 11) is -3.33. The van der Waals surface area contributed by atoms with E-state index in [9.17, 15) is 8.42 Å². The topological polar surface area (TPSA) is 96.0 Å². The standard InChI is InChI=1S/C9H13N3O2S/c1-2-15(13,14)12-8-6-4-3-5-7(8)9(10)11/h3-6,12H,2H2,1H3,(H3,10,11). The number of nitrogens with one attached hydrogen (secondary N) is 2. The SMILES string of the molecule is CCS(=O)(=O)Nc1ccccc1C(=N)N. The van der Waals surface area contributed by atoms with Crippen molar-refractivity contribution in [2.45, 2.75) is 6.92 Å². The zero-order valence-corrected chi connectivity index (χ0v) is 9.14. The first-order chi connectivity index (χ1) is 6.96. The Morgan fingerprint density at radius 3 is 2.60 bits per heavy atom. The third kappa shape index (κ3) is 2.95. The summed E-state index contributed by atoms with van der Waals surface area (Å²) in [5.74, 6) is -0.177. The zero-order chi connectivity index (χ0) is 11.5. The number of rotatable bonds is 4. The van der Waals surface area contributed by atoms with Gasteiger partial charge in [-0.3, -0.25) is 10.1 Å². The van der Waals surface area contributed by atoms with Crippen molar-refractivity contribution < 1.29 is 8.42 Å². The van der Waals surface area contributed by atoms with Crippen LogP contribution in [0.5, 0.6) is 0 Å². The predicted molar refractivity (Wildman–Crippen MR) is 60.5 cm³/mol. The molecule has 1 aromatic carbocycles. The Kier molecular flexibility index (Phi) is 3.31. The largest absolute Gasteiger partial charge is 0.384 e. The van der Waals surface area contributed by atoms with Crippen LogP contribution >= 0.6 is 0 Å². The number of anilines is 1. The number of nitrogen functional groups attached to an aromatic ring is 1. The van der Waals surface area contributed by atoms with Crippen molar-refractivity contribution in [1.82, 2.24) is 0 Å². The first-order valence-corrected chi connectivity index (χ1v) is 6.05. The minimum Gasteiger partial charge on any atom is -0.384 e. The van der Waals surface area contributed by atoms with E-state index in [1.54, 1.807) is 31.2 Å². The molecule has 0 amide bonds. The van der Waals surface area contributed by atoms with Crippen LogP contribution in [0.2, 0.25) is 0 Å². The molecule has 5 nitrogen and oxygen atoms in total. The summed E-state index contributed by atoms with van der Waals surface area (Å²) in [6, 6.07) is 6.54. The number of nitrogens with two attached hydrogens (primary N) is 1. The highest BCUT2D eigenvalue weighted by Gasteiger charge is 2.10. The van der Waals surface area contributed by atoms with Crippen molar-refractivity contribution in [3.05, 3.63) is 29.8 Å². The predicted octanol–water partition coefficient (Wildman–Crippen LogP) is 0.732. The molecule has 0 radical (unpaired) electrons. The van der Waals surface area contributed by atoms with E-state index in [0.717, 1.165) is 0 Å². The Morgan fingerprint density at radius 2 is 2.07 bits per heavy atom. The van der Waals surface area contributed by atoms with E-state index < -0.39 is 10.0 Å². The molecule has 0 aliphatic rings. The van der Waals surface area contributed by atoms with Crippen LogP contribution in [0.1, 0.15) is 12.5 Å². The van der Waals surface area contributed by atoms with Gasteiger partial charge in [-0.1, -0.05) is 12.1 Å². The molecule has 0 aliphatic heterocycles. The second kappa shape index (κ2) is 4.31. The minimum absolute atomic E-state index is 0.0146. The van der Waals surface area contributed by atoms with Gasteiger partial charge in [-0.25, -0.2) is 8.42 Å². The zero-order valence-electron chi connectivity index (χ0n) is 8.32. The fraction of sp³-hybridized carbons (Fsp3) is 0.222. The van der Waals surface area contributed by atoms with E-state index in [1.165, 1.54) is 0 Å². The molecule has 1 aromatic rings. The highest BCUT2D eigenvalue weighted by molar-refractivity contribution is 7.92. The van der Waals surface area contributed by atoms with Crippen LogP contribution in [0, 0.1) is 5.41 Å². The molecule has 0 spiro atoms. The number of sulfonamides is 1. The number of benzene rings is 1. The van der Waals surface area contributed by atoms with Crippen molar-refractivity contribution in [1.29, 1.82) is 5.41 Å². The summed E-state index contributed by atoms with van der Waals surface area (Å²) in [6.07, 6.45) is 0. The van der Waals surface area contributed by atoms with Crippen molar-refractivity contribution >= 4 is 21.5 Å². The van der Waals surface area contributed by atoms with Crippen LogP contribution < -0.4 is 10.5 Å². The van der Waals surface area contributed by atoms with E-state index in [4.69, 9.17) is 11.1 Å². The van der Waals surface area contributed by atoms with Gasteiger partial charge in [0, 0.05) is 5.56 Å². The van der Waals surface area contributed by atoms with Crippen LogP contribution in [0.4, 0.5) is 5.69 Å². The van der Waals surface area contributed by atoms with Crippen LogP contribution in [0.3, 0.4) is 0 Å². The molecule has 4 N–H and O–H groups in total. The van der Waals surface area contributed by atoms with Crippen LogP contribution in [0.15, 0.2) is 24.3 Å². The lowest BCUT2D eigenvalue weighted by Crippen LogP contribution is -2.19. The van der Waals surface area contributed by atoms with Gasteiger partial charge in [0.05, 0.1) is 11.4 Å². The maximum absolute atomic E-state index is 11.3. The molecule has 0 bridgehead atoms. The third-order valence-corrected chi connectivity index (χ3v) is 3.15. The Hall–Kier alpha value is -1.56. The Morgan fingerprint density at radius 1 is 1.47 bits per heavy atom. The number of hydrogen-bond acceptors (Lipinski definition) is 3. The Bertz CT molecular complexity index is 468. The van der Waals surface area contributed by atoms with Crippen LogP contribution in [-0.2, 0) is 10.0 Å². The summed E-state index contributed by atoms with van der Waals surface area (Å²) >= 11 is 0. The number of hydrogen-bond donors (Lipinski definition) is 3. The van der Waals surface area contributed by atoms with Crippen LogP contribution in [0.25, 0.3) is 0 Å². The molecular formula is C9H13N3O2S. The van der Waals surface area contributed by atoms with Gasteiger partial charge in [0.2, 0.25) is 10.0 Å². The van der Waals surface area contributed by atoms with E-state index >= 15 is 0 Å². The Balaban J connectivity index is 3.10. The normalized spacial score (nSPS) is 11.0. The van der Waals surface area contributed by atoms with Gasteiger partial charge >= 0.3 is 0 Å². The van der Waals surface area contributed by atoms with Gasteiger partial charge < -0.3 is 5.73 Å². The van der Waals surface area contributed by atoms with Gasteiger partial charge in [-0.2, -0.15) is 0 Å². The number of para-hydroxylation sites is 1. The average molecular weight is 227 g/mol. The molecule has 0 unspecified atom stereocenters. The van der Waals surface area contributed by atoms with Gasteiger partial charge in [0.25, 0.3) is 0 Å². The molecule has 0 heterocycles. The minimum atomic E-state index is -3.33. The molecule has 0 aliphatic carbocycles. The highest BCUT2D eigenvalue weighted by Crippen LogP contribution is 2.15. The van der Waals surface area contributed by atoms with Crippen molar-refractivity contribution in [2.75, 3.05) is 10.5 Å². The van der Waals surface area contributed by atoms with E-state index in [-0.39, 0.29) is 11.6 Å². The summed E-state index contributed by atoms with van der Waals surface area (Å²) in [4.78, 5) is 0. The first-order valence-electron chi connectivity index (χ1n) is 4.40. The van der Waals surface area contributed by atoms with Crippen molar-refractivity contribution in [3.63, 3.8) is 0 Å². The molecule has 6 heteroatoms. The Labute approximate surface area is 88.9 Å². The number of amidine groups is 1. The smallest absolute Gasteiger partial charge is 0.232 e. The van der Waals surface area contributed by atoms with E-state index in [1.807, 2.05) is 0 Å². The first kappa shape index (κ1) is 11.5. The molecule has 0 aromatic heterocycles. The summed E-state index contributed by atoms with van der Waals surface area (Å²) in [6.45, 7) is 1.54. The molecular weight excluding hydrogens is 214 g/mol. The fourth-order valence-electron chi connectivity index (χ4n) is 1.05. The monoisotopic (exact) mass is 227 g/mol.